The molecule has 0 aliphatic rings. The first-order valence-corrected chi connectivity index (χ1v) is 8.22. The number of hydrogen-bond acceptors (Lipinski definition) is 4. The van der Waals surface area contributed by atoms with Crippen molar-refractivity contribution >= 4 is 11.6 Å². The molecule has 6 heteroatoms. The van der Waals surface area contributed by atoms with Gasteiger partial charge in [-0.25, -0.2) is 4.98 Å². The van der Waals surface area contributed by atoms with E-state index in [1.807, 2.05) is 18.2 Å². The van der Waals surface area contributed by atoms with Crippen LogP contribution >= 0.6 is 0 Å². The maximum absolute atomic E-state index is 12.2. The molecule has 0 aliphatic carbocycles. The van der Waals surface area contributed by atoms with Crippen molar-refractivity contribution in [2.24, 2.45) is 7.05 Å². The van der Waals surface area contributed by atoms with Crippen LogP contribution in [0.2, 0.25) is 0 Å². The highest BCUT2D eigenvalue weighted by Crippen LogP contribution is 2.13. The maximum atomic E-state index is 12.2. The van der Waals surface area contributed by atoms with Gasteiger partial charge in [0.15, 0.2) is 0 Å². The van der Waals surface area contributed by atoms with Gasteiger partial charge in [0.1, 0.15) is 0 Å². The molecule has 132 valence electrons. The van der Waals surface area contributed by atoms with Crippen molar-refractivity contribution < 1.29 is 9.53 Å². The number of benzene rings is 1. The van der Waals surface area contributed by atoms with Gasteiger partial charge in [0, 0.05) is 31.8 Å². The number of carbonyl (C=O) groups excluding carboxylic acids is 1. The minimum atomic E-state index is -0.305. The number of aryl methyl sites for hydroxylation is 1. The summed E-state index contributed by atoms with van der Waals surface area (Å²) in [5, 5.41) is 2.74. The van der Waals surface area contributed by atoms with E-state index in [4.69, 9.17) is 4.74 Å². The summed E-state index contributed by atoms with van der Waals surface area (Å²) in [5.74, 6) is 0.196. The minimum Gasteiger partial charge on any atom is -0.477 e. The average Bonchev–Trinajstić information content (AvgIpc) is 2.66. The number of aromatic nitrogens is 2. The molecule has 0 spiro atoms. The second-order valence-electron chi connectivity index (χ2n) is 5.79. The predicted octanol–water partition coefficient (Wildman–Crippen LogP) is 2.65. The van der Waals surface area contributed by atoms with Gasteiger partial charge in [-0.1, -0.05) is 30.3 Å². The standard InChI is InChI=1S/C20H19N3O3/c1-23-14-16(7-10-19(23)24)20(25)22-17-8-9-18(21-13-17)26-12-11-15-5-3-2-4-6-15/h2-10,13-14H,11-12H2,1H3,(H,22,25). The van der Waals surface area contributed by atoms with Crippen molar-refractivity contribution in [3.05, 3.63) is 88.5 Å². The molecule has 1 aromatic carbocycles. The third-order valence-electron chi connectivity index (χ3n) is 3.83. The number of hydrogen-bond donors (Lipinski definition) is 1. The monoisotopic (exact) mass is 349 g/mol. The average molecular weight is 349 g/mol. The molecule has 0 fully saturated rings. The normalized spacial score (nSPS) is 10.3. The second kappa shape index (κ2) is 8.11. The lowest BCUT2D eigenvalue weighted by atomic mass is 10.2. The van der Waals surface area contributed by atoms with Gasteiger partial charge in [-0.3, -0.25) is 9.59 Å². The van der Waals surface area contributed by atoms with Gasteiger partial charge in [0.25, 0.3) is 5.91 Å². The quantitative estimate of drug-likeness (QED) is 0.742. The number of rotatable bonds is 6. The van der Waals surface area contributed by atoms with E-state index in [0.29, 0.717) is 23.7 Å². The Hall–Kier alpha value is -3.41. The highest BCUT2D eigenvalue weighted by atomic mass is 16.5. The van der Waals surface area contributed by atoms with E-state index in [2.05, 4.69) is 22.4 Å². The second-order valence-corrected chi connectivity index (χ2v) is 5.79. The number of pyridine rings is 2. The van der Waals surface area contributed by atoms with Crippen molar-refractivity contribution in [1.82, 2.24) is 9.55 Å². The summed E-state index contributed by atoms with van der Waals surface area (Å²) in [5.41, 5.74) is 1.99. The summed E-state index contributed by atoms with van der Waals surface area (Å²) in [6.45, 7) is 0.529. The number of carbonyl (C=O) groups is 1. The molecule has 0 unspecified atom stereocenters. The van der Waals surface area contributed by atoms with Crippen LogP contribution in [-0.4, -0.2) is 22.1 Å². The first kappa shape index (κ1) is 17.4. The van der Waals surface area contributed by atoms with Crippen molar-refractivity contribution in [2.45, 2.75) is 6.42 Å². The molecule has 0 atom stereocenters. The summed E-state index contributed by atoms with van der Waals surface area (Å²) in [6.07, 6.45) is 3.83. The summed E-state index contributed by atoms with van der Waals surface area (Å²) in [4.78, 5) is 27.8. The Balaban J connectivity index is 1.54. The van der Waals surface area contributed by atoms with Gasteiger partial charge in [0.2, 0.25) is 11.4 Å². The Bertz CT molecular complexity index is 935. The molecule has 1 amide bonds. The van der Waals surface area contributed by atoms with Crippen LogP contribution < -0.4 is 15.6 Å². The summed E-state index contributed by atoms with van der Waals surface area (Å²) < 4.78 is 6.98. The summed E-state index contributed by atoms with van der Waals surface area (Å²) in [7, 11) is 1.60. The van der Waals surface area contributed by atoms with Crippen LogP contribution in [0.5, 0.6) is 5.88 Å². The third kappa shape index (κ3) is 4.57. The van der Waals surface area contributed by atoms with E-state index in [-0.39, 0.29) is 11.5 Å². The third-order valence-corrected chi connectivity index (χ3v) is 3.83. The molecule has 0 saturated heterocycles. The van der Waals surface area contributed by atoms with Crippen LogP contribution in [0, 0.1) is 0 Å². The Kier molecular flexibility index (Phi) is 5.43. The maximum Gasteiger partial charge on any atom is 0.257 e. The van der Waals surface area contributed by atoms with E-state index in [1.54, 1.807) is 19.2 Å². The molecule has 6 nitrogen and oxygen atoms in total. The number of nitrogens with one attached hydrogen (secondary N) is 1. The lowest BCUT2D eigenvalue weighted by Gasteiger charge is -2.08. The summed E-state index contributed by atoms with van der Waals surface area (Å²) in [6, 6.07) is 16.4. The molecular weight excluding hydrogens is 330 g/mol. The van der Waals surface area contributed by atoms with Gasteiger partial charge in [-0.15, -0.1) is 0 Å². The largest absolute Gasteiger partial charge is 0.477 e. The molecule has 0 bridgehead atoms. The van der Waals surface area contributed by atoms with E-state index in [9.17, 15) is 9.59 Å². The van der Waals surface area contributed by atoms with Crippen LogP contribution in [0.3, 0.4) is 0 Å². The number of ether oxygens (including phenoxy) is 1. The first-order valence-electron chi connectivity index (χ1n) is 8.22. The van der Waals surface area contributed by atoms with Crippen LogP contribution in [0.4, 0.5) is 5.69 Å². The lowest BCUT2D eigenvalue weighted by molar-refractivity contribution is 0.102. The molecule has 2 aromatic heterocycles. The van der Waals surface area contributed by atoms with Gasteiger partial charge >= 0.3 is 0 Å². The smallest absolute Gasteiger partial charge is 0.257 e. The zero-order valence-electron chi connectivity index (χ0n) is 14.4. The van der Waals surface area contributed by atoms with E-state index in [0.717, 1.165) is 6.42 Å². The predicted molar refractivity (Wildman–Crippen MR) is 99.5 cm³/mol. The zero-order chi connectivity index (χ0) is 18.4. The summed E-state index contributed by atoms with van der Waals surface area (Å²) >= 11 is 0. The number of nitrogens with zero attached hydrogens (tertiary/aromatic N) is 2. The molecular formula is C20H19N3O3. The molecule has 3 aromatic rings. The fraction of sp³-hybridized carbons (Fsp3) is 0.150. The van der Waals surface area contributed by atoms with E-state index < -0.39 is 0 Å². The van der Waals surface area contributed by atoms with Gasteiger partial charge < -0.3 is 14.6 Å². The van der Waals surface area contributed by atoms with Crippen molar-refractivity contribution in [2.75, 3.05) is 11.9 Å². The topological polar surface area (TPSA) is 73.2 Å². The highest BCUT2D eigenvalue weighted by Gasteiger charge is 2.07. The fourth-order valence-corrected chi connectivity index (χ4v) is 2.39. The molecule has 0 radical (unpaired) electrons. The molecule has 2 heterocycles. The Morgan fingerprint density at radius 2 is 1.92 bits per heavy atom. The lowest BCUT2D eigenvalue weighted by Crippen LogP contribution is -2.19. The molecule has 26 heavy (non-hydrogen) atoms. The Morgan fingerprint density at radius 1 is 1.12 bits per heavy atom. The first-order chi connectivity index (χ1) is 12.6. The van der Waals surface area contributed by atoms with Gasteiger partial charge in [0.05, 0.1) is 24.1 Å². The Morgan fingerprint density at radius 3 is 2.62 bits per heavy atom. The zero-order valence-corrected chi connectivity index (χ0v) is 14.4. The molecule has 3 rings (SSSR count). The number of amides is 1. The van der Waals surface area contributed by atoms with Crippen molar-refractivity contribution in [3.63, 3.8) is 0 Å². The van der Waals surface area contributed by atoms with Crippen molar-refractivity contribution in [3.8, 4) is 5.88 Å². The fourth-order valence-electron chi connectivity index (χ4n) is 2.39. The molecule has 0 saturated carbocycles. The minimum absolute atomic E-state index is 0.166. The highest BCUT2D eigenvalue weighted by molar-refractivity contribution is 6.03. The van der Waals surface area contributed by atoms with Gasteiger partial charge in [-0.2, -0.15) is 0 Å². The van der Waals surface area contributed by atoms with Crippen LogP contribution in [0.1, 0.15) is 15.9 Å². The van der Waals surface area contributed by atoms with E-state index >= 15 is 0 Å². The Labute approximate surface area is 151 Å². The SMILES string of the molecule is Cn1cc(C(=O)Nc2ccc(OCCc3ccccc3)nc2)ccc1=O. The molecule has 0 aliphatic heterocycles. The molecule has 1 N–H and O–H groups in total. The van der Waals surface area contributed by atoms with Crippen LogP contribution in [-0.2, 0) is 13.5 Å². The van der Waals surface area contributed by atoms with Crippen LogP contribution in [0.25, 0.3) is 0 Å². The van der Waals surface area contributed by atoms with E-state index in [1.165, 1.54) is 34.7 Å². The van der Waals surface area contributed by atoms with Crippen molar-refractivity contribution in [1.29, 1.82) is 0 Å². The van der Waals surface area contributed by atoms with Crippen LogP contribution in [0.15, 0.2) is 71.8 Å². The number of anilines is 1. The van der Waals surface area contributed by atoms with Gasteiger partial charge in [-0.05, 0) is 17.7 Å².